The summed E-state index contributed by atoms with van der Waals surface area (Å²) in [5, 5.41) is 2.90. The molecule has 0 radical (unpaired) electrons. The van der Waals surface area contributed by atoms with Gasteiger partial charge < -0.3 is 14.6 Å². The average molecular weight is 337 g/mol. The minimum Gasteiger partial charge on any atom is -0.491 e. The summed E-state index contributed by atoms with van der Waals surface area (Å²) in [5.41, 5.74) is 4.19. The molecule has 1 amide bonds. The van der Waals surface area contributed by atoms with Crippen LogP contribution in [0.15, 0.2) is 42.5 Å². The molecule has 0 spiro atoms. The van der Waals surface area contributed by atoms with Crippen molar-refractivity contribution in [1.82, 2.24) is 14.9 Å². The molecule has 1 aromatic heterocycles. The van der Waals surface area contributed by atoms with Crippen molar-refractivity contribution in [3.05, 3.63) is 59.4 Å². The molecule has 0 aliphatic carbocycles. The zero-order valence-electron chi connectivity index (χ0n) is 14.9. The van der Waals surface area contributed by atoms with Crippen molar-refractivity contribution in [2.45, 2.75) is 27.3 Å². The summed E-state index contributed by atoms with van der Waals surface area (Å²) in [5.74, 6) is 1.65. The van der Waals surface area contributed by atoms with Crippen LogP contribution in [0, 0.1) is 20.8 Å². The molecule has 130 valence electrons. The van der Waals surface area contributed by atoms with Gasteiger partial charge in [0, 0.05) is 0 Å². The minimum absolute atomic E-state index is 0.0459. The van der Waals surface area contributed by atoms with E-state index in [0.717, 1.165) is 28.2 Å². The van der Waals surface area contributed by atoms with E-state index in [1.54, 1.807) is 0 Å². The number of imidazole rings is 1. The maximum atomic E-state index is 12.2. The van der Waals surface area contributed by atoms with Gasteiger partial charge in [-0.3, -0.25) is 4.79 Å². The van der Waals surface area contributed by atoms with Gasteiger partial charge in [-0.2, -0.15) is 0 Å². The monoisotopic (exact) mass is 337 g/mol. The Labute approximate surface area is 147 Å². The minimum atomic E-state index is -0.0459. The van der Waals surface area contributed by atoms with Crippen molar-refractivity contribution < 1.29 is 9.53 Å². The molecule has 3 rings (SSSR count). The fraction of sp³-hybridized carbons (Fsp3) is 0.300. The van der Waals surface area contributed by atoms with Crippen molar-refractivity contribution in [3.63, 3.8) is 0 Å². The fourth-order valence-corrected chi connectivity index (χ4v) is 2.91. The number of hydrogen-bond donors (Lipinski definition) is 1. The molecule has 1 heterocycles. The number of benzene rings is 2. The number of carbonyl (C=O) groups excluding carboxylic acids is 1. The van der Waals surface area contributed by atoms with E-state index in [-0.39, 0.29) is 12.5 Å². The largest absolute Gasteiger partial charge is 0.491 e. The van der Waals surface area contributed by atoms with Crippen LogP contribution in [0.25, 0.3) is 11.0 Å². The quantitative estimate of drug-likeness (QED) is 0.703. The predicted molar refractivity (Wildman–Crippen MR) is 98.9 cm³/mol. The van der Waals surface area contributed by atoms with Gasteiger partial charge in [0.05, 0.1) is 17.6 Å². The molecule has 0 saturated carbocycles. The highest BCUT2D eigenvalue weighted by atomic mass is 16.5. The van der Waals surface area contributed by atoms with Gasteiger partial charge in [0.2, 0.25) is 5.91 Å². The number of aromatic nitrogens is 2. The van der Waals surface area contributed by atoms with Gasteiger partial charge in [-0.1, -0.05) is 29.8 Å². The van der Waals surface area contributed by atoms with Crippen molar-refractivity contribution >= 4 is 16.9 Å². The molecular weight excluding hydrogens is 314 g/mol. The lowest BCUT2D eigenvalue weighted by molar-refractivity contribution is -0.121. The molecule has 0 atom stereocenters. The van der Waals surface area contributed by atoms with Crippen LogP contribution in [-0.4, -0.2) is 28.6 Å². The van der Waals surface area contributed by atoms with E-state index in [0.29, 0.717) is 13.2 Å². The number of nitrogens with zero attached hydrogens (tertiary/aromatic N) is 2. The summed E-state index contributed by atoms with van der Waals surface area (Å²) in [7, 11) is 0. The summed E-state index contributed by atoms with van der Waals surface area (Å²) in [6, 6.07) is 13.9. The molecule has 2 aromatic carbocycles. The molecule has 1 N–H and O–H groups in total. The lowest BCUT2D eigenvalue weighted by atomic mass is 10.1. The zero-order valence-corrected chi connectivity index (χ0v) is 14.9. The Bertz CT molecular complexity index is 899. The Balaban J connectivity index is 1.52. The van der Waals surface area contributed by atoms with E-state index < -0.39 is 0 Å². The van der Waals surface area contributed by atoms with Crippen LogP contribution in [0.2, 0.25) is 0 Å². The first-order valence-electron chi connectivity index (χ1n) is 8.43. The molecule has 5 heteroatoms. The molecule has 0 aliphatic rings. The first kappa shape index (κ1) is 17.0. The van der Waals surface area contributed by atoms with E-state index in [2.05, 4.69) is 23.3 Å². The number of nitrogens with one attached hydrogen (secondary N) is 1. The number of rotatable bonds is 6. The van der Waals surface area contributed by atoms with E-state index in [4.69, 9.17) is 4.74 Å². The van der Waals surface area contributed by atoms with E-state index >= 15 is 0 Å². The highest BCUT2D eigenvalue weighted by Crippen LogP contribution is 2.18. The highest BCUT2D eigenvalue weighted by Gasteiger charge is 2.10. The summed E-state index contributed by atoms with van der Waals surface area (Å²) in [6.07, 6.45) is 0. The Morgan fingerprint density at radius 2 is 1.96 bits per heavy atom. The zero-order chi connectivity index (χ0) is 17.8. The summed E-state index contributed by atoms with van der Waals surface area (Å²) in [6.45, 7) is 7.16. The van der Waals surface area contributed by atoms with Crippen LogP contribution in [0.4, 0.5) is 0 Å². The number of aryl methyl sites for hydroxylation is 3. The molecule has 5 nitrogen and oxygen atoms in total. The van der Waals surface area contributed by atoms with Gasteiger partial charge in [0.15, 0.2) is 0 Å². The van der Waals surface area contributed by atoms with E-state index in [1.807, 2.05) is 54.8 Å². The molecule has 0 aliphatic heterocycles. The maximum Gasteiger partial charge on any atom is 0.240 e. The lowest BCUT2D eigenvalue weighted by Crippen LogP contribution is -2.31. The average Bonchev–Trinajstić information content (AvgIpc) is 2.89. The number of hydrogen-bond acceptors (Lipinski definition) is 3. The van der Waals surface area contributed by atoms with Crippen molar-refractivity contribution in [3.8, 4) is 5.75 Å². The summed E-state index contributed by atoms with van der Waals surface area (Å²) < 4.78 is 7.66. The molecule has 25 heavy (non-hydrogen) atoms. The second-order valence-corrected chi connectivity index (χ2v) is 6.20. The van der Waals surface area contributed by atoms with Gasteiger partial charge >= 0.3 is 0 Å². The number of carbonyl (C=O) groups is 1. The van der Waals surface area contributed by atoms with Crippen LogP contribution in [0.5, 0.6) is 5.75 Å². The van der Waals surface area contributed by atoms with Crippen LogP contribution in [0.3, 0.4) is 0 Å². The van der Waals surface area contributed by atoms with Crippen LogP contribution >= 0.6 is 0 Å². The number of ether oxygens (including phenoxy) is 1. The molecule has 0 unspecified atom stereocenters. The molecule has 0 bridgehead atoms. The third kappa shape index (κ3) is 3.99. The van der Waals surface area contributed by atoms with E-state index in [9.17, 15) is 4.79 Å². The Hall–Kier alpha value is -2.82. The van der Waals surface area contributed by atoms with Crippen LogP contribution in [0.1, 0.15) is 17.0 Å². The Morgan fingerprint density at radius 1 is 1.16 bits per heavy atom. The Morgan fingerprint density at radius 3 is 2.76 bits per heavy atom. The van der Waals surface area contributed by atoms with Crippen molar-refractivity contribution in [2.75, 3.05) is 13.2 Å². The first-order chi connectivity index (χ1) is 12.0. The fourth-order valence-electron chi connectivity index (χ4n) is 2.91. The second-order valence-electron chi connectivity index (χ2n) is 6.20. The number of fused-ring (bicyclic) bond motifs is 1. The first-order valence-corrected chi connectivity index (χ1v) is 8.43. The molecule has 0 fully saturated rings. The van der Waals surface area contributed by atoms with Gasteiger partial charge in [-0.05, 0) is 44.5 Å². The topological polar surface area (TPSA) is 56.1 Å². The standard InChI is InChI=1S/C20H23N3O2/c1-14-8-9-19(15(2)12-14)25-11-10-21-20(24)13-23-16(3)22-17-6-4-5-7-18(17)23/h4-9,12H,10-11,13H2,1-3H3,(H,21,24). The Kier molecular flexibility index (Phi) is 5.03. The van der Waals surface area contributed by atoms with Gasteiger partial charge in [0.25, 0.3) is 0 Å². The van der Waals surface area contributed by atoms with Crippen molar-refractivity contribution in [1.29, 1.82) is 0 Å². The normalized spacial score (nSPS) is 10.8. The van der Waals surface area contributed by atoms with Gasteiger partial charge in [-0.25, -0.2) is 4.98 Å². The molecule has 0 saturated heterocycles. The lowest BCUT2D eigenvalue weighted by Gasteiger charge is -2.11. The smallest absolute Gasteiger partial charge is 0.240 e. The molecular formula is C20H23N3O2. The van der Waals surface area contributed by atoms with Gasteiger partial charge in [-0.15, -0.1) is 0 Å². The third-order valence-corrected chi connectivity index (χ3v) is 4.16. The summed E-state index contributed by atoms with van der Waals surface area (Å²) >= 11 is 0. The van der Waals surface area contributed by atoms with E-state index in [1.165, 1.54) is 5.56 Å². The number of amides is 1. The summed E-state index contributed by atoms with van der Waals surface area (Å²) in [4.78, 5) is 16.7. The second kappa shape index (κ2) is 7.38. The van der Waals surface area contributed by atoms with Crippen molar-refractivity contribution in [2.24, 2.45) is 0 Å². The highest BCUT2D eigenvalue weighted by molar-refractivity contribution is 5.81. The van der Waals surface area contributed by atoms with Crippen LogP contribution < -0.4 is 10.1 Å². The molecule has 3 aromatic rings. The SMILES string of the molecule is Cc1ccc(OCCNC(=O)Cn2c(C)nc3ccccc32)c(C)c1. The predicted octanol–water partition coefficient (Wildman–Crippen LogP) is 3.16. The van der Waals surface area contributed by atoms with Gasteiger partial charge in [0.1, 0.15) is 24.7 Å². The van der Waals surface area contributed by atoms with Crippen LogP contribution in [-0.2, 0) is 11.3 Å². The third-order valence-electron chi connectivity index (χ3n) is 4.16. The maximum absolute atomic E-state index is 12.2. The number of para-hydroxylation sites is 2.